The Morgan fingerprint density at radius 1 is 1.27 bits per heavy atom. The fraction of sp³-hybridized carbons (Fsp3) is 0.118. The molecule has 2 heterocycles. The van der Waals surface area contributed by atoms with E-state index in [1.807, 2.05) is 25.1 Å². The maximum atomic E-state index is 12.0. The second kappa shape index (κ2) is 7.80. The van der Waals surface area contributed by atoms with Crippen molar-refractivity contribution in [1.29, 1.82) is 0 Å². The Labute approximate surface area is 160 Å². The van der Waals surface area contributed by atoms with E-state index in [-0.39, 0.29) is 10.3 Å². The second-order valence-corrected chi connectivity index (χ2v) is 6.40. The number of pyridine rings is 1. The van der Waals surface area contributed by atoms with Crippen LogP contribution in [0.5, 0.6) is 5.75 Å². The first-order valence-corrected chi connectivity index (χ1v) is 8.41. The highest BCUT2D eigenvalue weighted by molar-refractivity contribution is 6.49. The highest BCUT2D eigenvalue weighted by atomic mass is 35.5. The van der Waals surface area contributed by atoms with E-state index in [1.54, 1.807) is 25.8 Å². The molecule has 0 amide bonds. The molecule has 131 valence electrons. The van der Waals surface area contributed by atoms with E-state index < -0.39 is 5.56 Å². The Hall–Kier alpha value is -2.51. The lowest BCUT2D eigenvalue weighted by atomic mass is 9.87. The molecular formula is C17H14BCl2N4O2. The van der Waals surface area contributed by atoms with Crippen LogP contribution in [0.1, 0.15) is 11.1 Å². The molecule has 3 aromatic rings. The van der Waals surface area contributed by atoms with E-state index in [4.69, 9.17) is 33.6 Å². The zero-order valence-corrected chi connectivity index (χ0v) is 15.3. The summed E-state index contributed by atoms with van der Waals surface area (Å²) >= 11 is 11.6. The number of aromatic nitrogens is 3. The Balaban J connectivity index is 1.69. The van der Waals surface area contributed by atoms with Gasteiger partial charge in [-0.3, -0.25) is 4.79 Å². The van der Waals surface area contributed by atoms with Crippen molar-refractivity contribution in [2.75, 3.05) is 5.73 Å². The first-order chi connectivity index (χ1) is 12.4. The molecule has 0 bridgehead atoms. The minimum absolute atomic E-state index is 0.156. The molecule has 0 aliphatic carbocycles. The molecule has 0 aliphatic heterocycles. The maximum Gasteiger partial charge on any atom is 0.412 e. The molecule has 1 radical (unpaired) electrons. The van der Waals surface area contributed by atoms with Crippen LogP contribution in [0.3, 0.4) is 0 Å². The summed E-state index contributed by atoms with van der Waals surface area (Å²) < 4.78 is 7.03. The average molecular weight is 388 g/mol. The summed E-state index contributed by atoms with van der Waals surface area (Å²) in [5.74, 6) is 1.03. The predicted octanol–water partition coefficient (Wildman–Crippen LogP) is 2.21. The SMILES string of the molecule is Cc1cnc(N)c([B]Oc2ccc(Cn3cc(Cl)nc(Cl)c3=O)cc2)c1. The first-order valence-electron chi connectivity index (χ1n) is 7.66. The molecule has 2 N–H and O–H groups in total. The minimum Gasteiger partial charge on any atom is -0.558 e. The number of nitrogen functional groups attached to an aromatic ring is 1. The molecule has 0 aliphatic rings. The number of anilines is 1. The smallest absolute Gasteiger partial charge is 0.412 e. The van der Waals surface area contributed by atoms with Crippen molar-refractivity contribution in [3.8, 4) is 5.75 Å². The van der Waals surface area contributed by atoms with Crippen LogP contribution in [0, 0.1) is 6.92 Å². The van der Waals surface area contributed by atoms with Gasteiger partial charge in [0.15, 0.2) is 5.15 Å². The van der Waals surface area contributed by atoms with Gasteiger partial charge in [-0.25, -0.2) is 9.97 Å². The number of halogens is 2. The van der Waals surface area contributed by atoms with Crippen LogP contribution in [0.15, 0.2) is 47.5 Å². The third kappa shape index (κ3) is 4.36. The third-order valence-electron chi connectivity index (χ3n) is 3.59. The summed E-state index contributed by atoms with van der Waals surface area (Å²) in [4.78, 5) is 19.8. The van der Waals surface area contributed by atoms with Gasteiger partial charge in [-0.15, -0.1) is 0 Å². The molecule has 9 heteroatoms. The number of hydrogen-bond donors (Lipinski definition) is 1. The molecule has 26 heavy (non-hydrogen) atoms. The summed E-state index contributed by atoms with van der Waals surface area (Å²) in [5, 5.41) is 0.00455. The van der Waals surface area contributed by atoms with Crippen molar-refractivity contribution in [2.45, 2.75) is 13.5 Å². The van der Waals surface area contributed by atoms with Crippen molar-refractivity contribution in [3.63, 3.8) is 0 Å². The quantitative estimate of drug-likeness (QED) is 0.678. The molecule has 3 rings (SSSR count). The van der Waals surface area contributed by atoms with Gasteiger partial charge in [0, 0.05) is 17.9 Å². The van der Waals surface area contributed by atoms with Crippen LogP contribution >= 0.6 is 23.2 Å². The second-order valence-electron chi connectivity index (χ2n) is 5.65. The van der Waals surface area contributed by atoms with Crippen LogP contribution < -0.4 is 21.4 Å². The van der Waals surface area contributed by atoms with Gasteiger partial charge in [0.05, 0.1) is 12.3 Å². The van der Waals surface area contributed by atoms with Crippen molar-refractivity contribution in [2.24, 2.45) is 0 Å². The van der Waals surface area contributed by atoms with Gasteiger partial charge in [0.2, 0.25) is 0 Å². The van der Waals surface area contributed by atoms with Crippen molar-refractivity contribution in [1.82, 2.24) is 14.5 Å². The Kier molecular flexibility index (Phi) is 5.49. The fourth-order valence-corrected chi connectivity index (χ4v) is 2.74. The molecular weight excluding hydrogens is 374 g/mol. The van der Waals surface area contributed by atoms with Gasteiger partial charge in [0.25, 0.3) is 5.56 Å². The standard InChI is InChI=1S/C17H14BCl2N4O2/c1-10-6-13(16(21)22-7-10)18-26-12-4-2-11(3-5-12)8-24-9-14(19)23-15(20)17(24)25/h2-7,9H,8H2,1H3,(H2,21,22). The van der Waals surface area contributed by atoms with Crippen LogP contribution in [0.25, 0.3) is 0 Å². The van der Waals surface area contributed by atoms with Gasteiger partial charge < -0.3 is 15.0 Å². The van der Waals surface area contributed by atoms with E-state index in [1.165, 1.54) is 10.8 Å². The minimum atomic E-state index is -0.396. The zero-order valence-electron chi connectivity index (χ0n) is 13.8. The maximum absolute atomic E-state index is 12.0. The number of nitrogens with zero attached hydrogens (tertiary/aromatic N) is 3. The Bertz CT molecular complexity index is 993. The van der Waals surface area contributed by atoms with Crippen molar-refractivity contribution in [3.05, 3.63) is 74.5 Å². The summed E-state index contributed by atoms with van der Waals surface area (Å²) in [5.41, 5.74) is 8.01. The molecule has 0 spiro atoms. The fourth-order valence-electron chi connectivity index (χ4n) is 2.29. The summed E-state index contributed by atoms with van der Waals surface area (Å²) in [6.45, 7) is 2.25. The molecule has 1 aromatic carbocycles. The first kappa shape index (κ1) is 18.3. The predicted molar refractivity (Wildman–Crippen MR) is 103 cm³/mol. The van der Waals surface area contributed by atoms with E-state index in [0.717, 1.165) is 11.1 Å². The molecule has 0 fully saturated rings. The normalized spacial score (nSPS) is 10.6. The number of nitrogens with two attached hydrogens (primary N) is 1. The summed E-state index contributed by atoms with van der Waals surface area (Å²) in [6, 6.07) is 9.16. The number of aryl methyl sites for hydroxylation is 1. The lowest BCUT2D eigenvalue weighted by Crippen LogP contribution is -2.25. The van der Waals surface area contributed by atoms with E-state index in [2.05, 4.69) is 9.97 Å². The van der Waals surface area contributed by atoms with Crippen LogP contribution in [-0.4, -0.2) is 22.0 Å². The zero-order chi connectivity index (χ0) is 18.7. The number of hydrogen-bond acceptors (Lipinski definition) is 5. The topological polar surface area (TPSA) is 83.0 Å². The van der Waals surface area contributed by atoms with E-state index in [9.17, 15) is 4.79 Å². The molecule has 0 saturated carbocycles. The van der Waals surface area contributed by atoms with Crippen molar-refractivity contribution < 1.29 is 4.65 Å². The number of rotatable bonds is 5. The van der Waals surface area contributed by atoms with Crippen molar-refractivity contribution >= 4 is 42.0 Å². The van der Waals surface area contributed by atoms with E-state index in [0.29, 0.717) is 23.6 Å². The molecule has 6 nitrogen and oxygen atoms in total. The van der Waals surface area contributed by atoms with Crippen LogP contribution in [-0.2, 0) is 6.54 Å². The summed E-state index contributed by atoms with van der Waals surface area (Å²) in [7, 11) is 1.55. The Morgan fingerprint density at radius 3 is 2.73 bits per heavy atom. The van der Waals surface area contributed by atoms with Crippen LogP contribution in [0.2, 0.25) is 10.3 Å². The highest BCUT2D eigenvalue weighted by Gasteiger charge is 2.08. The highest BCUT2D eigenvalue weighted by Crippen LogP contribution is 2.14. The number of benzene rings is 1. The third-order valence-corrected chi connectivity index (χ3v) is 4.02. The molecule has 0 saturated heterocycles. The van der Waals surface area contributed by atoms with Gasteiger partial charge in [0.1, 0.15) is 11.0 Å². The lowest BCUT2D eigenvalue weighted by molar-refractivity contribution is 0.604. The largest absolute Gasteiger partial charge is 0.558 e. The van der Waals surface area contributed by atoms with Crippen LogP contribution in [0.4, 0.5) is 5.82 Å². The van der Waals surface area contributed by atoms with Gasteiger partial charge in [-0.1, -0.05) is 41.4 Å². The summed E-state index contributed by atoms with van der Waals surface area (Å²) in [6.07, 6.45) is 3.14. The molecule has 0 atom stereocenters. The van der Waals surface area contributed by atoms with Gasteiger partial charge in [-0.2, -0.15) is 0 Å². The van der Waals surface area contributed by atoms with Gasteiger partial charge in [-0.05, 0) is 30.2 Å². The average Bonchev–Trinajstić information content (AvgIpc) is 2.61. The van der Waals surface area contributed by atoms with E-state index >= 15 is 0 Å². The Morgan fingerprint density at radius 2 is 2.00 bits per heavy atom. The monoisotopic (exact) mass is 387 g/mol. The molecule has 0 unspecified atom stereocenters. The van der Waals surface area contributed by atoms with Gasteiger partial charge >= 0.3 is 7.48 Å². The molecule has 2 aromatic heterocycles. The lowest BCUT2D eigenvalue weighted by Gasteiger charge is -2.09.